The zero-order chi connectivity index (χ0) is 13.2. The number of hydrogen-bond acceptors (Lipinski definition) is 3. The Morgan fingerprint density at radius 2 is 1.95 bits per heavy atom. The summed E-state index contributed by atoms with van der Waals surface area (Å²) in [7, 11) is 1.89. The van der Waals surface area contributed by atoms with E-state index < -0.39 is 0 Å². The Hall–Kier alpha value is -2.62. The largest absolute Gasteiger partial charge is 0.340 e. The highest BCUT2D eigenvalue weighted by molar-refractivity contribution is 6.03. The van der Waals surface area contributed by atoms with E-state index in [1.165, 1.54) is 0 Å². The van der Waals surface area contributed by atoms with Gasteiger partial charge in [-0.1, -0.05) is 24.3 Å². The molecule has 0 fully saturated rings. The van der Waals surface area contributed by atoms with Gasteiger partial charge >= 0.3 is 0 Å². The number of carbonyl (C=O) groups excluding carboxylic acids is 1. The highest BCUT2D eigenvalue weighted by atomic mass is 16.1. The maximum absolute atomic E-state index is 11.4. The molecule has 0 aliphatic carbocycles. The van der Waals surface area contributed by atoms with Crippen LogP contribution in [0.2, 0.25) is 0 Å². The van der Waals surface area contributed by atoms with Gasteiger partial charge in [0.05, 0.1) is 5.56 Å². The number of aldehydes is 1. The lowest BCUT2D eigenvalue weighted by atomic mass is 10.2. The van der Waals surface area contributed by atoms with Crippen LogP contribution in [0.15, 0.2) is 48.7 Å². The van der Waals surface area contributed by atoms with Crippen molar-refractivity contribution in [2.24, 2.45) is 0 Å². The number of fused-ring (bicyclic) bond motifs is 1. The fourth-order valence-corrected chi connectivity index (χ4v) is 2.20. The van der Waals surface area contributed by atoms with Crippen LogP contribution in [0, 0.1) is 0 Å². The van der Waals surface area contributed by atoms with E-state index in [2.05, 4.69) is 9.97 Å². The Labute approximate surface area is 110 Å². The van der Waals surface area contributed by atoms with E-state index in [-0.39, 0.29) is 0 Å². The van der Waals surface area contributed by atoms with Gasteiger partial charge in [-0.05, 0) is 18.2 Å². The normalized spacial score (nSPS) is 10.6. The first-order valence-electron chi connectivity index (χ1n) is 6.02. The molecule has 0 spiro atoms. The van der Waals surface area contributed by atoms with Crippen molar-refractivity contribution in [1.82, 2.24) is 9.97 Å². The molecular weight excluding hydrogens is 238 g/mol. The maximum Gasteiger partial charge on any atom is 0.154 e. The third kappa shape index (κ3) is 1.87. The number of rotatable bonds is 3. The van der Waals surface area contributed by atoms with Gasteiger partial charge in [0.2, 0.25) is 0 Å². The van der Waals surface area contributed by atoms with E-state index in [1.807, 2.05) is 54.4 Å². The molecule has 0 bridgehead atoms. The second-order valence-electron chi connectivity index (χ2n) is 4.30. The molecule has 1 aromatic carbocycles. The molecule has 19 heavy (non-hydrogen) atoms. The van der Waals surface area contributed by atoms with Crippen LogP contribution in [0.3, 0.4) is 0 Å². The Kier molecular flexibility index (Phi) is 2.76. The third-order valence-electron chi connectivity index (χ3n) is 3.17. The molecule has 3 rings (SSSR count). The quantitative estimate of drug-likeness (QED) is 0.727. The van der Waals surface area contributed by atoms with Crippen LogP contribution in [0.1, 0.15) is 10.4 Å². The van der Waals surface area contributed by atoms with Crippen LogP contribution in [0.4, 0.5) is 11.6 Å². The lowest BCUT2D eigenvalue weighted by Crippen LogP contribution is -2.12. The van der Waals surface area contributed by atoms with Gasteiger partial charge < -0.3 is 9.88 Å². The molecule has 0 atom stereocenters. The minimum atomic E-state index is 0.656. The molecular formula is C15H13N3O. The van der Waals surface area contributed by atoms with Crippen LogP contribution in [-0.4, -0.2) is 23.3 Å². The van der Waals surface area contributed by atoms with E-state index in [0.29, 0.717) is 5.56 Å². The van der Waals surface area contributed by atoms with E-state index in [9.17, 15) is 4.79 Å². The highest BCUT2D eigenvalue weighted by Gasteiger charge is 2.15. The van der Waals surface area contributed by atoms with Gasteiger partial charge in [-0.3, -0.25) is 4.79 Å². The molecule has 2 heterocycles. The van der Waals surface area contributed by atoms with Gasteiger partial charge in [0.25, 0.3) is 0 Å². The Morgan fingerprint density at radius 3 is 2.68 bits per heavy atom. The van der Waals surface area contributed by atoms with Crippen molar-refractivity contribution in [1.29, 1.82) is 0 Å². The minimum Gasteiger partial charge on any atom is -0.340 e. The lowest BCUT2D eigenvalue weighted by Gasteiger charge is -2.16. The molecule has 0 aliphatic rings. The molecule has 0 unspecified atom stereocenters. The first kappa shape index (κ1) is 11.5. The summed E-state index contributed by atoms with van der Waals surface area (Å²) in [6.45, 7) is 0. The average molecular weight is 251 g/mol. The number of para-hydroxylation sites is 1. The number of pyridine rings is 1. The van der Waals surface area contributed by atoms with Gasteiger partial charge in [0.1, 0.15) is 11.6 Å². The summed E-state index contributed by atoms with van der Waals surface area (Å²) in [5, 5.41) is 0.926. The molecule has 0 radical (unpaired) electrons. The van der Waals surface area contributed by atoms with E-state index >= 15 is 0 Å². The monoisotopic (exact) mass is 251 g/mol. The number of aromatic nitrogens is 2. The molecule has 0 amide bonds. The standard InChI is InChI=1S/C15H13N3O/c1-18(14-8-4-5-9-16-14)15-12(10-19)11-6-2-3-7-13(11)17-15/h2-10,17H,1H3. The molecule has 1 N–H and O–H groups in total. The SMILES string of the molecule is CN(c1ccccn1)c1[nH]c2ccccc2c1C=O. The Morgan fingerprint density at radius 1 is 1.16 bits per heavy atom. The van der Waals surface area contributed by atoms with Crippen LogP contribution in [-0.2, 0) is 0 Å². The van der Waals surface area contributed by atoms with Crippen LogP contribution < -0.4 is 4.90 Å². The topological polar surface area (TPSA) is 49.0 Å². The van der Waals surface area contributed by atoms with Crippen LogP contribution in [0.25, 0.3) is 10.9 Å². The summed E-state index contributed by atoms with van der Waals surface area (Å²) in [6, 6.07) is 13.4. The van der Waals surface area contributed by atoms with Gasteiger partial charge in [-0.25, -0.2) is 4.98 Å². The number of nitrogens with one attached hydrogen (secondary N) is 1. The summed E-state index contributed by atoms with van der Waals surface area (Å²) in [5.41, 5.74) is 1.60. The molecule has 94 valence electrons. The molecule has 0 saturated heterocycles. The summed E-state index contributed by atoms with van der Waals surface area (Å²) in [6.07, 6.45) is 2.61. The average Bonchev–Trinajstić information content (AvgIpc) is 2.85. The zero-order valence-corrected chi connectivity index (χ0v) is 10.5. The highest BCUT2D eigenvalue weighted by Crippen LogP contribution is 2.30. The zero-order valence-electron chi connectivity index (χ0n) is 10.5. The predicted octanol–water partition coefficient (Wildman–Crippen LogP) is 3.14. The second kappa shape index (κ2) is 4.57. The summed E-state index contributed by atoms with van der Waals surface area (Å²) >= 11 is 0. The van der Waals surface area contributed by atoms with Gasteiger partial charge in [0.15, 0.2) is 6.29 Å². The van der Waals surface area contributed by atoms with Gasteiger partial charge in [0, 0.05) is 24.1 Å². The molecule has 0 saturated carbocycles. The lowest BCUT2D eigenvalue weighted by molar-refractivity contribution is 0.112. The van der Waals surface area contributed by atoms with E-state index in [1.54, 1.807) is 6.20 Å². The first-order valence-corrected chi connectivity index (χ1v) is 6.02. The fourth-order valence-electron chi connectivity index (χ4n) is 2.20. The number of nitrogens with zero attached hydrogens (tertiary/aromatic N) is 2. The van der Waals surface area contributed by atoms with Crippen molar-refractivity contribution < 1.29 is 4.79 Å². The van der Waals surface area contributed by atoms with Gasteiger partial charge in [-0.15, -0.1) is 0 Å². The number of hydrogen-bond donors (Lipinski definition) is 1. The molecule has 4 nitrogen and oxygen atoms in total. The van der Waals surface area contributed by atoms with Crippen molar-refractivity contribution >= 4 is 28.8 Å². The third-order valence-corrected chi connectivity index (χ3v) is 3.17. The van der Waals surface area contributed by atoms with Crippen molar-refractivity contribution in [3.63, 3.8) is 0 Å². The van der Waals surface area contributed by atoms with Crippen LogP contribution >= 0.6 is 0 Å². The van der Waals surface area contributed by atoms with Crippen molar-refractivity contribution in [2.75, 3.05) is 11.9 Å². The molecule has 4 heteroatoms. The van der Waals surface area contributed by atoms with Crippen LogP contribution in [0.5, 0.6) is 0 Å². The molecule has 0 aliphatic heterocycles. The molecule has 2 aromatic heterocycles. The number of aromatic amines is 1. The summed E-state index contributed by atoms with van der Waals surface area (Å²) in [4.78, 5) is 20.8. The molecule has 3 aromatic rings. The number of H-pyrrole nitrogens is 1. The second-order valence-corrected chi connectivity index (χ2v) is 4.30. The van der Waals surface area contributed by atoms with E-state index in [4.69, 9.17) is 0 Å². The summed E-state index contributed by atoms with van der Waals surface area (Å²) < 4.78 is 0. The summed E-state index contributed by atoms with van der Waals surface area (Å²) in [5.74, 6) is 1.55. The predicted molar refractivity (Wildman–Crippen MR) is 76.0 cm³/mol. The Bertz CT molecular complexity index is 719. The number of carbonyl (C=O) groups is 1. The van der Waals surface area contributed by atoms with Crippen molar-refractivity contribution in [3.05, 3.63) is 54.2 Å². The van der Waals surface area contributed by atoms with Crippen molar-refractivity contribution in [2.45, 2.75) is 0 Å². The first-order chi connectivity index (χ1) is 9.31. The van der Waals surface area contributed by atoms with E-state index in [0.717, 1.165) is 28.8 Å². The number of anilines is 2. The fraction of sp³-hybridized carbons (Fsp3) is 0.0667. The maximum atomic E-state index is 11.4. The Balaban J connectivity index is 2.17. The van der Waals surface area contributed by atoms with Gasteiger partial charge in [-0.2, -0.15) is 0 Å². The number of benzene rings is 1. The minimum absolute atomic E-state index is 0.656. The van der Waals surface area contributed by atoms with Crippen molar-refractivity contribution in [3.8, 4) is 0 Å². The smallest absolute Gasteiger partial charge is 0.154 e.